The highest BCUT2D eigenvalue weighted by Crippen LogP contribution is 1.91. The van der Waals surface area contributed by atoms with Crippen LogP contribution in [0.1, 0.15) is 13.3 Å². The van der Waals surface area contributed by atoms with E-state index in [9.17, 15) is 9.59 Å². The van der Waals surface area contributed by atoms with Gasteiger partial charge in [-0.3, -0.25) is 0 Å². The van der Waals surface area contributed by atoms with Gasteiger partial charge in [-0.25, -0.2) is 9.59 Å². The van der Waals surface area contributed by atoms with E-state index in [2.05, 4.69) is 23.7 Å². The van der Waals surface area contributed by atoms with Gasteiger partial charge >= 0.3 is 12.3 Å². The third kappa shape index (κ3) is 9.07. The van der Waals surface area contributed by atoms with Gasteiger partial charge in [0.25, 0.3) is 0 Å². The zero-order valence-electron chi connectivity index (χ0n) is 9.39. The van der Waals surface area contributed by atoms with Crippen LogP contribution in [0.25, 0.3) is 0 Å². The van der Waals surface area contributed by atoms with E-state index in [0.717, 1.165) is 0 Å². The SMILES string of the molecule is CCCOC(=O)OCOC(=O)OCCOC. The van der Waals surface area contributed by atoms with E-state index in [0.29, 0.717) is 6.42 Å². The highest BCUT2D eigenvalue weighted by atomic mass is 16.8. The first-order chi connectivity index (χ1) is 7.70. The molecule has 0 aliphatic carbocycles. The molecular formula is C9H16O7. The van der Waals surface area contributed by atoms with Crippen LogP contribution in [0.2, 0.25) is 0 Å². The van der Waals surface area contributed by atoms with Gasteiger partial charge in [0.15, 0.2) is 0 Å². The molecule has 0 aliphatic rings. The zero-order valence-corrected chi connectivity index (χ0v) is 9.39. The lowest BCUT2D eigenvalue weighted by Crippen LogP contribution is -2.16. The number of rotatable bonds is 7. The Balaban J connectivity index is 3.36. The smallest absolute Gasteiger partial charge is 0.434 e. The highest BCUT2D eigenvalue weighted by molar-refractivity contribution is 5.61. The predicted octanol–water partition coefficient (Wildman–Crippen LogP) is 1.31. The number of hydrogen-bond donors (Lipinski definition) is 0. The van der Waals surface area contributed by atoms with Gasteiger partial charge < -0.3 is 23.7 Å². The van der Waals surface area contributed by atoms with Crippen LogP contribution in [0, 0.1) is 0 Å². The molecule has 0 fully saturated rings. The molecule has 0 aliphatic heterocycles. The third-order valence-electron chi connectivity index (χ3n) is 1.28. The lowest BCUT2D eigenvalue weighted by Gasteiger charge is -2.06. The summed E-state index contributed by atoms with van der Waals surface area (Å²) < 4.78 is 22.5. The molecule has 0 unspecified atom stereocenters. The zero-order chi connectivity index (χ0) is 12.2. The van der Waals surface area contributed by atoms with Crippen molar-refractivity contribution in [1.82, 2.24) is 0 Å². The van der Waals surface area contributed by atoms with Gasteiger partial charge in [0.1, 0.15) is 6.61 Å². The largest absolute Gasteiger partial charge is 0.511 e. The van der Waals surface area contributed by atoms with Crippen LogP contribution in [0.4, 0.5) is 9.59 Å². The van der Waals surface area contributed by atoms with E-state index in [1.54, 1.807) is 0 Å². The summed E-state index contributed by atoms with van der Waals surface area (Å²) in [4.78, 5) is 21.5. The fourth-order valence-corrected chi connectivity index (χ4v) is 0.603. The Bertz CT molecular complexity index is 204. The van der Waals surface area contributed by atoms with E-state index in [1.807, 2.05) is 6.92 Å². The topological polar surface area (TPSA) is 80.3 Å². The minimum absolute atomic E-state index is 0.0790. The molecule has 0 radical (unpaired) electrons. The van der Waals surface area contributed by atoms with Crippen LogP contribution < -0.4 is 0 Å². The molecule has 0 aromatic heterocycles. The molecule has 0 heterocycles. The normalized spacial score (nSPS) is 9.38. The highest BCUT2D eigenvalue weighted by Gasteiger charge is 2.07. The van der Waals surface area contributed by atoms with Gasteiger partial charge in [0.05, 0.1) is 13.2 Å². The van der Waals surface area contributed by atoms with E-state index < -0.39 is 19.1 Å². The van der Waals surface area contributed by atoms with Crippen LogP contribution in [-0.4, -0.2) is 46.0 Å². The number of hydrogen-bond acceptors (Lipinski definition) is 7. The summed E-state index contributed by atoms with van der Waals surface area (Å²) in [6, 6.07) is 0. The van der Waals surface area contributed by atoms with Crippen molar-refractivity contribution in [3.63, 3.8) is 0 Å². The average molecular weight is 236 g/mol. The Morgan fingerprint density at radius 1 is 0.875 bits per heavy atom. The van der Waals surface area contributed by atoms with E-state index in [4.69, 9.17) is 0 Å². The van der Waals surface area contributed by atoms with Crippen LogP contribution >= 0.6 is 0 Å². The van der Waals surface area contributed by atoms with Crippen LogP contribution in [0.15, 0.2) is 0 Å². The van der Waals surface area contributed by atoms with Crippen LogP contribution in [0.3, 0.4) is 0 Å². The minimum Gasteiger partial charge on any atom is -0.434 e. The Labute approximate surface area is 93.5 Å². The average Bonchev–Trinajstić information content (AvgIpc) is 2.26. The summed E-state index contributed by atoms with van der Waals surface area (Å²) in [6.07, 6.45) is -1.12. The van der Waals surface area contributed by atoms with Crippen molar-refractivity contribution in [3.8, 4) is 0 Å². The minimum atomic E-state index is -0.930. The number of methoxy groups -OCH3 is 1. The first-order valence-electron chi connectivity index (χ1n) is 4.78. The maximum Gasteiger partial charge on any atom is 0.511 e. The van der Waals surface area contributed by atoms with Gasteiger partial charge in [-0.2, -0.15) is 0 Å². The second-order valence-corrected chi connectivity index (χ2v) is 2.60. The van der Waals surface area contributed by atoms with Crippen molar-refractivity contribution < 1.29 is 33.3 Å². The molecule has 0 rings (SSSR count). The first-order valence-corrected chi connectivity index (χ1v) is 4.78. The molecule has 0 bridgehead atoms. The van der Waals surface area contributed by atoms with Crippen molar-refractivity contribution in [2.75, 3.05) is 33.7 Å². The maximum absolute atomic E-state index is 10.8. The quantitative estimate of drug-likeness (QED) is 0.374. The Morgan fingerprint density at radius 2 is 1.44 bits per heavy atom. The summed E-state index contributed by atoms with van der Waals surface area (Å²) in [6.45, 7) is 1.92. The molecule has 0 atom stereocenters. The second-order valence-electron chi connectivity index (χ2n) is 2.60. The fraction of sp³-hybridized carbons (Fsp3) is 0.778. The van der Waals surface area contributed by atoms with Crippen molar-refractivity contribution in [2.45, 2.75) is 13.3 Å². The Morgan fingerprint density at radius 3 is 1.94 bits per heavy atom. The van der Waals surface area contributed by atoms with Crippen molar-refractivity contribution in [2.24, 2.45) is 0 Å². The molecule has 0 spiro atoms. The molecule has 7 nitrogen and oxygen atoms in total. The van der Waals surface area contributed by atoms with Gasteiger partial charge in [0, 0.05) is 7.11 Å². The van der Waals surface area contributed by atoms with Crippen molar-refractivity contribution in [1.29, 1.82) is 0 Å². The van der Waals surface area contributed by atoms with Crippen molar-refractivity contribution in [3.05, 3.63) is 0 Å². The second kappa shape index (κ2) is 10.0. The fourth-order valence-electron chi connectivity index (χ4n) is 0.603. The third-order valence-corrected chi connectivity index (χ3v) is 1.28. The summed E-state index contributed by atoms with van der Waals surface area (Å²) in [7, 11) is 1.47. The molecule has 0 saturated carbocycles. The van der Waals surface area contributed by atoms with Crippen LogP contribution in [0.5, 0.6) is 0 Å². The summed E-state index contributed by atoms with van der Waals surface area (Å²) in [5, 5.41) is 0. The van der Waals surface area contributed by atoms with Gasteiger partial charge in [-0.05, 0) is 6.42 Å². The van der Waals surface area contributed by atoms with E-state index >= 15 is 0 Å². The molecule has 0 aromatic rings. The first kappa shape index (κ1) is 14.5. The molecular weight excluding hydrogens is 220 g/mol. The maximum atomic E-state index is 10.8. The monoisotopic (exact) mass is 236 g/mol. The molecule has 0 N–H and O–H groups in total. The molecule has 94 valence electrons. The molecule has 0 saturated heterocycles. The number of carbonyl (C=O) groups is 2. The standard InChI is InChI=1S/C9H16O7/c1-3-4-13-8(10)15-7-16-9(11)14-6-5-12-2/h3-7H2,1-2H3. The van der Waals surface area contributed by atoms with Crippen LogP contribution in [-0.2, 0) is 23.7 Å². The Kier molecular flexibility index (Phi) is 9.09. The Hall–Kier alpha value is -1.50. The van der Waals surface area contributed by atoms with Gasteiger partial charge in [-0.15, -0.1) is 0 Å². The lowest BCUT2D eigenvalue weighted by molar-refractivity contribution is -0.0415. The summed E-state index contributed by atoms with van der Waals surface area (Å²) >= 11 is 0. The van der Waals surface area contributed by atoms with Gasteiger partial charge in [-0.1, -0.05) is 6.92 Å². The molecule has 7 heteroatoms. The molecule has 0 amide bonds. The van der Waals surface area contributed by atoms with Gasteiger partial charge in [0.2, 0.25) is 6.79 Å². The van der Waals surface area contributed by atoms with E-state index in [1.165, 1.54) is 7.11 Å². The number of ether oxygens (including phenoxy) is 5. The van der Waals surface area contributed by atoms with E-state index in [-0.39, 0.29) is 19.8 Å². The summed E-state index contributed by atoms with van der Waals surface area (Å²) in [5.74, 6) is 0. The molecule has 0 aromatic carbocycles. The summed E-state index contributed by atoms with van der Waals surface area (Å²) in [5.41, 5.74) is 0. The number of carbonyl (C=O) groups excluding carboxylic acids is 2. The van der Waals surface area contributed by atoms with Crippen molar-refractivity contribution >= 4 is 12.3 Å². The predicted molar refractivity (Wildman–Crippen MR) is 51.9 cm³/mol. The molecule has 16 heavy (non-hydrogen) atoms. The lowest BCUT2D eigenvalue weighted by atomic mass is 10.5.